The van der Waals surface area contributed by atoms with Crippen LogP contribution in [-0.4, -0.2) is 11.5 Å². The Bertz CT molecular complexity index is 829. The highest BCUT2D eigenvalue weighted by Gasteiger charge is 2.38. The molecule has 4 rings (SSSR count). The maximum absolute atomic E-state index is 10.9. The first-order chi connectivity index (χ1) is 12.2. The van der Waals surface area contributed by atoms with E-state index in [9.17, 15) is 10.1 Å². The molecule has 5 heteroatoms. The molecule has 3 atom stereocenters. The smallest absolute Gasteiger partial charge is 0.269 e. The fraction of sp³-hybridized carbons (Fsp3) is 0.300. The van der Waals surface area contributed by atoms with E-state index < -0.39 is 0 Å². The van der Waals surface area contributed by atoms with Gasteiger partial charge in [0.25, 0.3) is 5.69 Å². The Hall–Kier alpha value is -2.82. The third-order valence-electron chi connectivity index (χ3n) is 5.11. The second kappa shape index (κ2) is 6.24. The fourth-order valence-corrected chi connectivity index (χ4v) is 3.96. The average Bonchev–Trinajstić information content (AvgIpc) is 3.11. The highest BCUT2D eigenvalue weighted by atomic mass is 16.6. The number of nitrogens with one attached hydrogen (secondary N) is 1. The number of anilines is 1. The van der Waals surface area contributed by atoms with Crippen molar-refractivity contribution in [3.63, 3.8) is 0 Å². The lowest BCUT2D eigenvalue weighted by Crippen LogP contribution is -2.29. The molecule has 1 aliphatic carbocycles. The van der Waals surface area contributed by atoms with Crippen LogP contribution in [0.25, 0.3) is 0 Å². The third-order valence-corrected chi connectivity index (χ3v) is 5.11. The molecule has 128 valence electrons. The van der Waals surface area contributed by atoms with Crippen molar-refractivity contribution in [1.82, 2.24) is 0 Å². The molecule has 1 aliphatic heterocycles. The van der Waals surface area contributed by atoms with Crippen LogP contribution in [0.3, 0.4) is 0 Å². The normalized spacial score (nSPS) is 23.5. The van der Waals surface area contributed by atoms with Crippen LogP contribution in [0.5, 0.6) is 5.75 Å². The van der Waals surface area contributed by atoms with Gasteiger partial charge in [-0.25, -0.2) is 0 Å². The molecule has 1 heterocycles. The topological polar surface area (TPSA) is 64.4 Å². The van der Waals surface area contributed by atoms with Crippen LogP contribution in [0.4, 0.5) is 11.4 Å². The van der Waals surface area contributed by atoms with Crippen molar-refractivity contribution < 1.29 is 9.66 Å². The number of fused-ring (bicyclic) bond motifs is 3. The molecule has 2 aromatic carbocycles. The number of benzene rings is 2. The van der Waals surface area contributed by atoms with Crippen LogP contribution in [0, 0.1) is 16.0 Å². The number of allylic oxidation sites excluding steroid dienone is 2. The van der Waals surface area contributed by atoms with Crippen molar-refractivity contribution in [2.75, 3.05) is 11.9 Å². The SMILES string of the molecule is CCOc1ccc2c(c1)[C@@H]1C=CC[C@H]1[C@H](c1ccc([N+](=O)[O-])cc1)N2. The van der Waals surface area contributed by atoms with Crippen molar-refractivity contribution in [3.05, 3.63) is 75.9 Å². The summed E-state index contributed by atoms with van der Waals surface area (Å²) in [5.41, 5.74) is 3.59. The number of hydrogen-bond donors (Lipinski definition) is 1. The van der Waals surface area contributed by atoms with E-state index in [0.717, 1.165) is 23.4 Å². The van der Waals surface area contributed by atoms with E-state index in [1.54, 1.807) is 12.1 Å². The van der Waals surface area contributed by atoms with E-state index in [-0.39, 0.29) is 16.7 Å². The zero-order valence-electron chi connectivity index (χ0n) is 14.0. The lowest BCUT2D eigenvalue weighted by Gasteiger charge is -2.37. The van der Waals surface area contributed by atoms with Gasteiger partial charge in [-0.1, -0.05) is 24.3 Å². The molecule has 2 aliphatic rings. The minimum absolute atomic E-state index is 0.127. The molecular weight excluding hydrogens is 316 g/mol. The molecule has 1 N–H and O–H groups in total. The van der Waals surface area contributed by atoms with Crippen molar-refractivity contribution in [2.24, 2.45) is 5.92 Å². The van der Waals surface area contributed by atoms with Gasteiger partial charge in [-0.05, 0) is 48.6 Å². The van der Waals surface area contributed by atoms with Gasteiger partial charge in [0.15, 0.2) is 0 Å². The molecule has 0 spiro atoms. The molecule has 0 unspecified atom stereocenters. The summed E-state index contributed by atoms with van der Waals surface area (Å²) in [5, 5.41) is 14.5. The Balaban J connectivity index is 1.69. The lowest BCUT2D eigenvalue weighted by atomic mass is 9.77. The largest absolute Gasteiger partial charge is 0.494 e. The number of rotatable bonds is 4. The van der Waals surface area contributed by atoms with E-state index >= 15 is 0 Å². The number of hydrogen-bond acceptors (Lipinski definition) is 4. The fourth-order valence-electron chi connectivity index (χ4n) is 3.96. The van der Waals surface area contributed by atoms with Gasteiger partial charge in [0.1, 0.15) is 5.75 Å². The summed E-state index contributed by atoms with van der Waals surface area (Å²) < 4.78 is 5.65. The molecular formula is C20H20N2O3. The summed E-state index contributed by atoms with van der Waals surface area (Å²) in [6.07, 6.45) is 5.51. The molecule has 5 nitrogen and oxygen atoms in total. The van der Waals surface area contributed by atoms with Crippen molar-refractivity contribution >= 4 is 11.4 Å². The summed E-state index contributed by atoms with van der Waals surface area (Å²) in [6.45, 7) is 2.64. The van der Waals surface area contributed by atoms with Gasteiger partial charge in [-0.2, -0.15) is 0 Å². The summed E-state index contributed by atoms with van der Waals surface area (Å²) >= 11 is 0. The lowest BCUT2D eigenvalue weighted by molar-refractivity contribution is -0.384. The number of nitro groups is 1. The predicted octanol–water partition coefficient (Wildman–Crippen LogP) is 4.82. The van der Waals surface area contributed by atoms with Crippen LogP contribution in [0.2, 0.25) is 0 Å². The first-order valence-electron chi connectivity index (χ1n) is 8.61. The summed E-state index contributed by atoms with van der Waals surface area (Å²) in [5.74, 6) is 1.65. The number of non-ortho nitro benzene ring substituents is 1. The summed E-state index contributed by atoms with van der Waals surface area (Å²) in [7, 11) is 0. The monoisotopic (exact) mass is 336 g/mol. The molecule has 0 aromatic heterocycles. The molecule has 0 bridgehead atoms. The Morgan fingerprint density at radius 2 is 2.04 bits per heavy atom. The maximum Gasteiger partial charge on any atom is 0.269 e. The zero-order valence-corrected chi connectivity index (χ0v) is 14.0. The van der Waals surface area contributed by atoms with Crippen molar-refractivity contribution in [2.45, 2.75) is 25.3 Å². The van der Waals surface area contributed by atoms with E-state index in [4.69, 9.17) is 4.74 Å². The third kappa shape index (κ3) is 2.76. The van der Waals surface area contributed by atoms with Gasteiger partial charge < -0.3 is 10.1 Å². The number of ether oxygens (including phenoxy) is 1. The average molecular weight is 336 g/mol. The van der Waals surface area contributed by atoms with Gasteiger partial charge in [0.2, 0.25) is 0 Å². The summed E-state index contributed by atoms with van der Waals surface area (Å²) in [6, 6.07) is 13.2. The Kier molecular flexibility index (Phi) is 3.92. The van der Waals surface area contributed by atoms with Crippen LogP contribution in [-0.2, 0) is 0 Å². The number of nitro benzene ring substituents is 1. The molecule has 0 fully saturated rings. The molecule has 0 saturated heterocycles. The first kappa shape index (κ1) is 15.7. The molecule has 0 amide bonds. The highest BCUT2D eigenvalue weighted by molar-refractivity contribution is 5.61. The first-order valence-corrected chi connectivity index (χ1v) is 8.61. The van der Waals surface area contributed by atoms with Gasteiger partial charge >= 0.3 is 0 Å². The summed E-state index contributed by atoms with van der Waals surface area (Å²) in [4.78, 5) is 10.5. The molecule has 0 radical (unpaired) electrons. The van der Waals surface area contributed by atoms with E-state index in [1.807, 2.05) is 25.1 Å². The van der Waals surface area contributed by atoms with Crippen LogP contribution in [0.1, 0.15) is 36.4 Å². The standard InChI is InChI=1S/C20H20N2O3/c1-2-25-15-10-11-19-18(12-15)16-4-3-5-17(16)20(21-19)13-6-8-14(9-7-13)22(23)24/h3-4,6-12,16-17,20-21H,2,5H2,1H3/t16-,17-,20+/m1/s1. The molecule has 0 saturated carbocycles. The van der Waals surface area contributed by atoms with E-state index in [0.29, 0.717) is 18.4 Å². The second-order valence-corrected chi connectivity index (χ2v) is 6.51. The van der Waals surface area contributed by atoms with E-state index in [1.165, 1.54) is 5.56 Å². The van der Waals surface area contributed by atoms with Crippen molar-refractivity contribution in [3.8, 4) is 5.75 Å². The second-order valence-electron chi connectivity index (χ2n) is 6.51. The van der Waals surface area contributed by atoms with Gasteiger partial charge in [-0.15, -0.1) is 0 Å². The Labute approximate surface area is 146 Å². The quantitative estimate of drug-likeness (QED) is 0.494. The van der Waals surface area contributed by atoms with Crippen LogP contribution in [0.15, 0.2) is 54.6 Å². The van der Waals surface area contributed by atoms with Gasteiger partial charge in [0, 0.05) is 23.7 Å². The Morgan fingerprint density at radius 3 is 2.76 bits per heavy atom. The van der Waals surface area contributed by atoms with Crippen LogP contribution >= 0.6 is 0 Å². The van der Waals surface area contributed by atoms with Gasteiger partial charge in [0.05, 0.1) is 17.6 Å². The minimum Gasteiger partial charge on any atom is -0.494 e. The van der Waals surface area contributed by atoms with Gasteiger partial charge in [-0.3, -0.25) is 10.1 Å². The van der Waals surface area contributed by atoms with Crippen LogP contribution < -0.4 is 10.1 Å². The van der Waals surface area contributed by atoms with Crippen molar-refractivity contribution in [1.29, 1.82) is 0 Å². The highest BCUT2D eigenvalue weighted by Crippen LogP contribution is 2.50. The number of nitrogens with zero attached hydrogens (tertiary/aromatic N) is 1. The maximum atomic E-state index is 10.9. The zero-order chi connectivity index (χ0) is 17.4. The minimum atomic E-state index is -0.359. The Morgan fingerprint density at radius 1 is 1.24 bits per heavy atom. The van der Waals surface area contributed by atoms with E-state index in [2.05, 4.69) is 29.6 Å². The predicted molar refractivity (Wildman–Crippen MR) is 97.1 cm³/mol. The molecule has 25 heavy (non-hydrogen) atoms. The molecule has 2 aromatic rings.